The molecule has 0 atom stereocenters. The first kappa shape index (κ1) is 11.0. The molecule has 0 aliphatic carbocycles. The Balaban J connectivity index is 2.48. The van der Waals surface area contributed by atoms with Crippen LogP contribution in [0.2, 0.25) is 0 Å². The van der Waals surface area contributed by atoms with Gasteiger partial charge in [-0.3, -0.25) is 9.67 Å². The molecular formula is C9H10BrN3S2. The molecule has 2 heterocycles. The SMILES string of the molecule is CCCn1c(-c2ccc(Br)s2)n[nH]c1=S. The Labute approximate surface area is 105 Å². The molecule has 3 nitrogen and oxygen atoms in total. The molecule has 0 aliphatic rings. The molecule has 0 radical (unpaired) electrons. The normalized spacial score (nSPS) is 10.8. The van der Waals surface area contributed by atoms with E-state index < -0.39 is 0 Å². The van der Waals surface area contributed by atoms with E-state index in [1.54, 1.807) is 11.3 Å². The molecule has 0 aliphatic heterocycles. The summed E-state index contributed by atoms with van der Waals surface area (Å²) in [5.41, 5.74) is 0. The highest BCUT2D eigenvalue weighted by atomic mass is 79.9. The highest BCUT2D eigenvalue weighted by molar-refractivity contribution is 9.11. The summed E-state index contributed by atoms with van der Waals surface area (Å²) < 4.78 is 3.83. The molecule has 1 N–H and O–H groups in total. The van der Waals surface area contributed by atoms with Gasteiger partial charge in [-0.1, -0.05) is 6.92 Å². The Hall–Kier alpha value is -0.460. The minimum absolute atomic E-state index is 0.691. The quantitative estimate of drug-likeness (QED) is 0.874. The van der Waals surface area contributed by atoms with Crippen LogP contribution in [0, 0.1) is 4.77 Å². The lowest BCUT2D eigenvalue weighted by Gasteiger charge is -2.01. The number of H-pyrrole nitrogens is 1. The average molecular weight is 304 g/mol. The lowest BCUT2D eigenvalue weighted by Crippen LogP contribution is -1.98. The van der Waals surface area contributed by atoms with E-state index >= 15 is 0 Å². The van der Waals surface area contributed by atoms with Crippen molar-refractivity contribution < 1.29 is 0 Å². The monoisotopic (exact) mass is 303 g/mol. The lowest BCUT2D eigenvalue weighted by molar-refractivity contribution is 0.675. The number of nitrogens with one attached hydrogen (secondary N) is 1. The van der Waals surface area contributed by atoms with Crippen molar-refractivity contribution in [2.45, 2.75) is 19.9 Å². The Morgan fingerprint density at radius 3 is 3.00 bits per heavy atom. The van der Waals surface area contributed by atoms with Gasteiger partial charge in [0.2, 0.25) is 0 Å². The Kier molecular flexibility index (Phi) is 3.38. The first-order valence-corrected chi connectivity index (χ1v) is 6.65. The molecule has 0 saturated carbocycles. The van der Waals surface area contributed by atoms with Crippen LogP contribution in [0.1, 0.15) is 13.3 Å². The molecule has 0 unspecified atom stereocenters. The van der Waals surface area contributed by atoms with Gasteiger partial charge in [-0.2, -0.15) is 5.10 Å². The average Bonchev–Trinajstić information content (AvgIpc) is 2.76. The number of thiophene rings is 1. The summed E-state index contributed by atoms with van der Waals surface area (Å²) in [5, 5.41) is 7.09. The predicted octanol–water partition coefficient (Wildman–Crippen LogP) is 3.84. The van der Waals surface area contributed by atoms with Gasteiger partial charge in [0, 0.05) is 6.54 Å². The van der Waals surface area contributed by atoms with Gasteiger partial charge in [-0.05, 0) is 46.7 Å². The third kappa shape index (κ3) is 2.21. The van der Waals surface area contributed by atoms with E-state index in [4.69, 9.17) is 12.2 Å². The smallest absolute Gasteiger partial charge is 0.195 e. The summed E-state index contributed by atoms with van der Waals surface area (Å²) in [6.07, 6.45) is 1.05. The zero-order valence-electron chi connectivity index (χ0n) is 8.16. The molecule has 0 amide bonds. The second kappa shape index (κ2) is 4.59. The number of aromatic amines is 1. The second-order valence-electron chi connectivity index (χ2n) is 3.11. The predicted molar refractivity (Wildman–Crippen MR) is 68.7 cm³/mol. The molecule has 0 bridgehead atoms. The summed E-state index contributed by atoms with van der Waals surface area (Å²) in [6, 6.07) is 4.07. The van der Waals surface area contributed by atoms with E-state index in [1.165, 1.54) is 0 Å². The zero-order chi connectivity index (χ0) is 10.8. The summed E-state index contributed by atoms with van der Waals surface area (Å²) in [6.45, 7) is 3.03. The van der Waals surface area contributed by atoms with Gasteiger partial charge in [-0.25, -0.2) is 0 Å². The van der Waals surface area contributed by atoms with Crippen LogP contribution >= 0.6 is 39.5 Å². The van der Waals surface area contributed by atoms with Gasteiger partial charge in [-0.15, -0.1) is 11.3 Å². The third-order valence-corrected chi connectivity index (χ3v) is 3.93. The molecular weight excluding hydrogens is 294 g/mol. The van der Waals surface area contributed by atoms with Crippen LogP contribution in [0.3, 0.4) is 0 Å². The van der Waals surface area contributed by atoms with Crippen LogP contribution in [0.15, 0.2) is 15.9 Å². The molecule has 0 fully saturated rings. The fourth-order valence-electron chi connectivity index (χ4n) is 1.37. The molecule has 6 heteroatoms. The minimum Gasteiger partial charge on any atom is -0.300 e. The van der Waals surface area contributed by atoms with E-state index in [0.717, 1.165) is 27.5 Å². The maximum Gasteiger partial charge on any atom is 0.195 e. The summed E-state index contributed by atoms with van der Waals surface area (Å²) in [4.78, 5) is 1.13. The number of hydrogen-bond donors (Lipinski definition) is 1. The number of halogens is 1. The lowest BCUT2D eigenvalue weighted by atomic mass is 10.4. The van der Waals surface area contributed by atoms with E-state index in [2.05, 4.69) is 33.1 Å². The van der Waals surface area contributed by atoms with Gasteiger partial charge in [0.1, 0.15) is 0 Å². The Morgan fingerprint density at radius 2 is 2.40 bits per heavy atom. The largest absolute Gasteiger partial charge is 0.300 e. The first-order valence-electron chi connectivity index (χ1n) is 4.63. The van der Waals surface area contributed by atoms with E-state index in [0.29, 0.717) is 4.77 Å². The molecule has 15 heavy (non-hydrogen) atoms. The van der Waals surface area contributed by atoms with Crippen LogP contribution in [-0.4, -0.2) is 14.8 Å². The van der Waals surface area contributed by atoms with Crippen LogP contribution in [0.5, 0.6) is 0 Å². The minimum atomic E-state index is 0.691. The van der Waals surface area contributed by atoms with Gasteiger partial charge in [0.25, 0.3) is 0 Å². The van der Waals surface area contributed by atoms with Crippen molar-refractivity contribution in [1.29, 1.82) is 0 Å². The standard InChI is InChI=1S/C9H10BrN3S2/c1-2-5-13-8(11-12-9(13)14)6-3-4-7(10)15-6/h3-4H,2,5H2,1H3,(H,12,14). The molecule has 2 aromatic heterocycles. The van der Waals surface area contributed by atoms with E-state index in [9.17, 15) is 0 Å². The summed E-state index contributed by atoms with van der Waals surface area (Å²) in [5.74, 6) is 0.928. The third-order valence-electron chi connectivity index (χ3n) is 2.00. The number of hydrogen-bond acceptors (Lipinski definition) is 3. The van der Waals surface area contributed by atoms with Crippen molar-refractivity contribution in [2.75, 3.05) is 0 Å². The number of rotatable bonds is 3. The van der Waals surface area contributed by atoms with Crippen molar-refractivity contribution in [1.82, 2.24) is 14.8 Å². The summed E-state index contributed by atoms with van der Waals surface area (Å²) >= 11 is 10.3. The van der Waals surface area contributed by atoms with Crippen molar-refractivity contribution in [2.24, 2.45) is 0 Å². The fourth-order valence-corrected chi connectivity index (χ4v) is 2.98. The second-order valence-corrected chi connectivity index (χ2v) is 5.96. The van der Waals surface area contributed by atoms with Crippen molar-refractivity contribution in [3.63, 3.8) is 0 Å². The van der Waals surface area contributed by atoms with Gasteiger partial charge in [0.15, 0.2) is 10.6 Å². The Bertz CT molecular complexity index is 511. The molecule has 2 aromatic rings. The van der Waals surface area contributed by atoms with Crippen LogP contribution < -0.4 is 0 Å². The topological polar surface area (TPSA) is 33.6 Å². The maximum atomic E-state index is 5.18. The Morgan fingerprint density at radius 1 is 1.60 bits per heavy atom. The zero-order valence-corrected chi connectivity index (χ0v) is 11.4. The molecule has 0 saturated heterocycles. The fraction of sp³-hybridized carbons (Fsp3) is 0.333. The summed E-state index contributed by atoms with van der Waals surface area (Å²) in [7, 11) is 0. The number of nitrogens with zero attached hydrogens (tertiary/aromatic N) is 2. The van der Waals surface area contributed by atoms with Gasteiger partial charge >= 0.3 is 0 Å². The van der Waals surface area contributed by atoms with Crippen molar-refractivity contribution >= 4 is 39.5 Å². The maximum absolute atomic E-state index is 5.18. The van der Waals surface area contributed by atoms with E-state index in [1.807, 2.05) is 16.7 Å². The van der Waals surface area contributed by atoms with Crippen LogP contribution in [0.4, 0.5) is 0 Å². The molecule has 80 valence electrons. The molecule has 0 aromatic carbocycles. The van der Waals surface area contributed by atoms with Crippen molar-refractivity contribution in [3.8, 4) is 10.7 Å². The van der Waals surface area contributed by atoms with Crippen LogP contribution in [0.25, 0.3) is 10.7 Å². The van der Waals surface area contributed by atoms with E-state index in [-0.39, 0.29) is 0 Å². The van der Waals surface area contributed by atoms with Crippen LogP contribution in [-0.2, 0) is 6.54 Å². The van der Waals surface area contributed by atoms with Gasteiger partial charge in [0.05, 0.1) is 8.66 Å². The molecule has 0 spiro atoms. The van der Waals surface area contributed by atoms with Crippen molar-refractivity contribution in [3.05, 3.63) is 20.7 Å². The first-order chi connectivity index (χ1) is 7.22. The molecule has 2 rings (SSSR count). The van der Waals surface area contributed by atoms with Gasteiger partial charge < -0.3 is 0 Å². The highest BCUT2D eigenvalue weighted by Gasteiger charge is 2.09. The highest BCUT2D eigenvalue weighted by Crippen LogP contribution is 2.30. The number of aromatic nitrogens is 3.